The zero-order valence-corrected chi connectivity index (χ0v) is 4.83. The van der Waals surface area contributed by atoms with Crippen LogP contribution in [0.1, 0.15) is 0 Å². The largest absolute Gasteiger partial charge is 0.687 e. The highest BCUT2D eigenvalue weighted by atomic mass is 14.8. The molecule has 0 aliphatic carbocycles. The highest BCUT2D eigenvalue weighted by Gasteiger charge is 1.68. The van der Waals surface area contributed by atoms with Gasteiger partial charge in [0.1, 0.15) is 0 Å². The van der Waals surface area contributed by atoms with Gasteiger partial charge in [-0.15, -0.1) is 12.7 Å². The molecule has 0 saturated heterocycles. The van der Waals surface area contributed by atoms with E-state index in [0.717, 1.165) is 5.69 Å². The molecule has 0 aromatic heterocycles. The Kier molecular flexibility index (Phi) is 1.52. The third-order valence-electron chi connectivity index (χ3n) is 1.01. The molecule has 1 aromatic carbocycles. The van der Waals surface area contributed by atoms with Crippen molar-refractivity contribution in [2.45, 2.75) is 0 Å². The van der Waals surface area contributed by atoms with Crippen LogP contribution in [0.2, 0.25) is 0 Å². The Balaban J connectivity index is 2.83. The topological polar surface area (TPSA) is 14.1 Å². The van der Waals surface area contributed by atoms with Gasteiger partial charge in [-0.3, -0.25) is 0 Å². The van der Waals surface area contributed by atoms with E-state index in [2.05, 4.69) is 5.32 Å². The first-order valence-corrected chi connectivity index (χ1v) is 2.58. The van der Waals surface area contributed by atoms with E-state index in [1.165, 1.54) is 0 Å². The predicted octanol–water partition coefficient (Wildman–Crippen LogP) is 2.32. The number of nitrogens with zero attached hydrogens (tertiary/aromatic N) is 1. The normalized spacial score (nSPS) is 8.62. The summed E-state index contributed by atoms with van der Waals surface area (Å²) in [5.41, 5.74) is 1.03. The maximum Gasteiger partial charge on any atom is -0.0624 e. The molecule has 1 aromatic rings. The molecule has 0 spiro atoms. The molecule has 0 amide bonds. The smallest absolute Gasteiger partial charge is 0.0624 e. The van der Waals surface area contributed by atoms with E-state index in [9.17, 15) is 0 Å². The van der Waals surface area contributed by atoms with E-state index in [4.69, 9.17) is 0 Å². The van der Waals surface area contributed by atoms with Gasteiger partial charge in [0.25, 0.3) is 0 Å². The Morgan fingerprint density at radius 3 is 2.12 bits per heavy atom. The van der Waals surface area contributed by atoms with Gasteiger partial charge in [0.15, 0.2) is 0 Å². The molecule has 1 rings (SSSR count). The molecule has 1 nitrogen and oxygen atoms in total. The van der Waals surface area contributed by atoms with Gasteiger partial charge in [0.2, 0.25) is 0 Å². The average Bonchev–Trinajstić information content (AvgIpc) is 1.90. The van der Waals surface area contributed by atoms with Crippen LogP contribution in [0.25, 0.3) is 5.32 Å². The highest BCUT2D eigenvalue weighted by molar-refractivity contribution is 5.46. The summed E-state index contributed by atoms with van der Waals surface area (Å²) in [6.45, 7) is 0. The zero-order chi connectivity index (χ0) is 5.82. The van der Waals surface area contributed by atoms with Crippen molar-refractivity contribution in [2.24, 2.45) is 0 Å². The van der Waals surface area contributed by atoms with Gasteiger partial charge in [0.05, 0.1) is 0 Å². The zero-order valence-electron chi connectivity index (χ0n) is 4.83. The summed E-state index contributed by atoms with van der Waals surface area (Å²) in [7, 11) is 1.79. The van der Waals surface area contributed by atoms with Crippen LogP contribution in [-0.4, -0.2) is 7.05 Å². The minimum atomic E-state index is 1.03. The summed E-state index contributed by atoms with van der Waals surface area (Å²) in [6.07, 6.45) is 0. The van der Waals surface area contributed by atoms with E-state index < -0.39 is 0 Å². The summed E-state index contributed by atoms with van der Waals surface area (Å²) < 4.78 is 0. The molecule has 0 aliphatic rings. The van der Waals surface area contributed by atoms with Crippen molar-refractivity contribution >= 4 is 5.69 Å². The minimum Gasteiger partial charge on any atom is -0.687 e. The maximum atomic E-state index is 3.97. The molecular weight excluding hydrogens is 98.1 g/mol. The lowest BCUT2D eigenvalue weighted by Crippen LogP contribution is -1.60. The number of rotatable bonds is 1. The molecule has 0 atom stereocenters. The molecule has 0 bridgehead atoms. The van der Waals surface area contributed by atoms with E-state index in [1.807, 2.05) is 30.3 Å². The lowest BCUT2D eigenvalue weighted by atomic mass is 10.3. The van der Waals surface area contributed by atoms with Crippen LogP contribution in [-0.2, 0) is 0 Å². The molecule has 1 heteroatoms. The van der Waals surface area contributed by atoms with Gasteiger partial charge in [-0.1, -0.05) is 30.3 Å². The fourth-order valence-electron chi connectivity index (χ4n) is 0.577. The van der Waals surface area contributed by atoms with E-state index >= 15 is 0 Å². The first-order valence-electron chi connectivity index (χ1n) is 2.58. The predicted molar refractivity (Wildman–Crippen MR) is 35.4 cm³/mol. The molecule has 0 unspecified atom stereocenters. The Hall–Kier alpha value is -0.980. The Labute approximate surface area is 49.3 Å². The summed E-state index contributed by atoms with van der Waals surface area (Å²) >= 11 is 0. The molecule has 0 aliphatic heterocycles. The molecule has 8 heavy (non-hydrogen) atoms. The summed E-state index contributed by atoms with van der Waals surface area (Å²) in [6, 6.07) is 9.87. The van der Waals surface area contributed by atoms with Crippen LogP contribution in [0, 0.1) is 0 Å². The van der Waals surface area contributed by atoms with Gasteiger partial charge < -0.3 is 5.32 Å². The number of hydrogen-bond acceptors (Lipinski definition) is 0. The second-order valence-corrected chi connectivity index (χ2v) is 1.56. The van der Waals surface area contributed by atoms with E-state index in [1.54, 1.807) is 7.05 Å². The van der Waals surface area contributed by atoms with Crippen LogP contribution >= 0.6 is 0 Å². The Morgan fingerprint density at radius 2 is 1.75 bits per heavy atom. The van der Waals surface area contributed by atoms with E-state index in [-0.39, 0.29) is 0 Å². The number of hydrogen-bond donors (Lipinski definition) is 0. The van der Waals surface area contributed by atoms with Crippen molar-refractivity contribution in [3.8, 4) is 0 Å². The quantitative estimate of drug-likeness (QED) is 0.521. The monoisotopic (exact) mass is 106 g/mol. The minimum absolute atomic E-state index is 1.03. The average molecular weight is 106 g/mol. The second kappa shape index (κ2) is 2.36. The number of para-hydroxylation sites is 1. The lowest BCUT2D eigenvalue weighted by Gasteiger charge is -2.10. The van der Waals surface area contributed by atoms with Gasteiger partial charge in [-0.25, -0.2) is 0 Å². The third kappa shape index (κ3) is 0.997. The summed E-state index contributed by atoms with van der Waals surface area (Å²) in [5.74, 6) is 0. The molecule has 0 fully saturated rings. The first-order chi connectivity index (χ1) is 3.93. The Morgan fingerprint density at radius 1 is 1.12 bits per heavy atom. The van der Waals surface area contributed by atoms with Crippen LogP contribution in [0.4, 0.5) is 5.69 Å². The molecule has 42 valence electrons. The first kappa shape index (κ1) is 5.16. The SMILES string of the molecule is C[N-]c1ccccc1. The summed E-state index contributed by atoms with van der Waals surface area (Å²) in [4.78, 5) is 0. The molecule has 0 saturated carbocycles. The van der Waals surface area contributed by atoms with Crippen LogP contribution in [0.3, 0.4) is 0 Å². The summed E-state index contributed by atoms with van der Waals surface area (Å²) in [5, 5.41) is 3.97. The maximum absolute atomic E-state index is 3.97. The van der Waals surface area contributed by atoms with Gasteiger partial charge in [-0.2, -0.15) is 0 Å². The van der Waals surface area contributed by atoms with Crippen molar-refractivity contribution in [1.82, 2.24) is 0 Å². The van der Waals surface area contributed by atoms with Gasteiger partial charge in [-0.05, 0) is 0 Å². The van der Waals surface area contributed by atoms with Gasteiger partial charge >= 0.3 is 0 Å². The lowest BCUT2D eigenvalue weighted by molar-refractivity contribution is 1.62. The molecule has 0 heterocycles. The van der Waals surface area contributed by atoms with Crippen LogP contribution in [0.15, 0.2) is 30.3 Å². The fourth-order valence-corrected chi connectivity index (χ4v) is 0.577. The van der Waals surface area contributed by atoms with Crippen molar-refractivity contribution in [2.75, 3.05) is 7.05 Å². The third-order valence-corrected chi connectivity index (χ3v) is 1.01. The number of benzene rings is 1. The second-order valence-electron chi connectivity index (χ2n) is 1.56. The Bertz CT molecular complexity index is 146. The molecule has 0 N–H and O–H groups in total. The molecule has 0 radical (unpaired) electrons. The van der Waals surface area contributed by atoms with Gasteiger partial charge in [0, 0.05) is 0 Å². The van der Waals surface area contributed by atoms with Crippen LogP contribution < -0.4 is 0 Å². The highest BCUT2D eigenvalue weighted by Crippen LogP contribution is 2.12. The van der Waals surface area contributed by atoms with Crippen molar-refractivity contribution in [1.29, 1.82) is 0 Å². The van der Waals surface area contributed by atoms with Crippen molar-refractivity contribution < 1.29 is 0 Å². The van der Waals surface area contributed by atoms with Crippen LogP contribution in [0.5, 0.6) is 0 Å². The molecular formula is C7H8N-. The fraction of sp³-hybridized carbons (Fsp3) is 0.143. The van der Waals surface area contributed by atoms with E-state index in [0.29, 0.717) is 0 Å². The van der Waals surface area contributed by atoms with Crippen molar-refractivity contribution in [3.05, 3.63) is 35.6 Å². The standard InChI is InChI=1S/C7H8N/c1-8-7-5-3-2-4-6-7/h2-6H,1H3/q-1. The van der Waals surface area contributed by atoms with Crippen molar-refractivity contribution in [3.63, 3.8) is 0 Å².